The monoisotopic (exact) mass is 924 g/mol. The predicted molar refractivity (Wildman–Crippen MR) is 169 cm³/mol. The van der Waals surface area contributed by atoms with E-state index in [1.807, 2.05) is 0 Å². The minimum atomic E-state index is -6.09. The van der Waals surface area contributed by atoms with Crippen LogP contribution < -0.4 is 9.36 Å². The lowest BCUT2D eigenvalue weighted by atomic mass is 10.1. The van der Waals surface area contributed by atoms with Gasteiger partial charge in [-0.15, -0.1) is 9.36 Å². The highest BCUT2D eigenvalue weighted by atomic mass is 127. The van der Waals surface area contributed by atoms with E-state index < -0.39 is 31.3 Å². The molecule has 0 fully saturated rings. The van der Waals surface area contributed by atoms with E-state index >= 15 is 0 Å². The number of hydrogen-bond acceptors (Lipinski definition) is 6. The maximum atomic E-state index is 10.7. The minimum absolute atomic E-state index is 1.15. The summed E-state index contributed by atoms with van der Waals surface area (Å²) in [5, 5.41) is 0. The zero-order valence-electron chi connectivity index (χ0n) is 25.9. The highest BCUT2D eigenvalue weighted by Gasteiger charge is 2.37. The predicted octanol–water partition coefficient (Wildman–Crippen LogP) is 5.70. The molecule has 2 rings (SSSR count). The van der Waals surface area contributed by atoms with Crippen LogP contribution in [-0.2, 0) is 47.4 Å². The molecular weight excluding hydrogens is 884 g/mol. The normalized spacial score (nSPS) is 12.4. The summed E-state index contributed by atoms with van der Waals surface area (Å²) in [4.78, 5) is 0. The number of aromatic nitrogens is 4. The van der Waals surface area contributed by atoms with E-state index in [-0.39, 0.29) is 0 Å². The maximum Gasteiger partial charge on any atom is 0.485 e. The Labute approximate surface area is 288 Å². The van der Waals surface area contributed by atoms with Crippen molar-refractivity contribution >= 4 is 65.4 Å². The van der Waals surface area contributed by atoms with Gasteiger partial charge in [-0.2, -0.15) is 35.7 Å². The van der Waals surface area contributed by atoms with Gasteiger partial charge in [-0.1, -0.05) is 44.9 Å². The van der Waals surface area contributed by atoms with Crippen molar-refractivity contribution < 1.29 is 61.6 Å². The van der Waals surface area contributed by atoms with Crippen molar-refractivity contribution in [1.29, 1.82) is 0 Å². The SMILES string of the molecule is Cc1c(I)c(C)[n+](C)n1CCCCCCCCCCCn1c(C)c(I)c(C)[n+]1C.O=S(=O)([O-])C(F)(F)F.O=S(=O)([O-])C(F)(F)F. The van der Waals surface area contributed by atoms with Gasteiger partial charge in [0.1, 0.15) is 7.14 Å². The first kappa shape index (κ1) is 44.3. The van der Waals surface area contributed by atoms with Crippen LogP contribution >= 0.6 is 45.2 Å². The van der Waals surface area contributed by atoms with E-state index in [4.69, 9.17) is 25.9 Å². The molecule has 20 heteroatoms. The molecule has 0 bridgehead atoms. The average molecular weight is 925 g/mol. The molecule has 264 valence electrons. The van der Waals surface area contributed by atoms with Gasteiger partial charge in [0.2, 0.25) is 11.4 Å². The van der Waals surface area contributed by atoms with Gasteiger partial charge in [0, 0.05) is 13.8 Å². The second kappa shape index (κ2) is 18.7. The van der Waals surface area contributed by atoms with Crippen LogP contribution in [0, 0.1) is 34.8 Å². The van der Waals surface area contributed by atoms with Gasteiger partial charge >= 0.3 is 11.0 Å². The van der Waals surface area contributed by atoms with Crippen molar-refractivity contribution in [3.05, 3.63) is 29.9 Å². The molecule has 0 aliphatic heterocycles. The molecule has 0 spiro atoms. The molecule has 0 saturated heterocycles. The lowest BCUT2D eigenvalue weighted by Gasteiger charge is -2.08. The van der Waals surface area contributed by atoms with Crippen molar-refractivity contribution in [2.75, 3.05) is 0 Å². The molecule has 10 nitrogen and oxygen atoms in total. The Morgan fingerprint density at radius 2 is 0.778 bits per heavy atom. The summed E-state index contributed by atoms with van der Waals surface area (Å²) in [6.07, 6.45) is 12.3. The molecule has 0 radical (unpaired) electrons. The summed E-state index contributed by atoms with van der Waals surface area (Å²) in [6, 6.07) is 0. The molecule has 0 aliphatic carbocycles. The molecule has 2 heterocycles. The molecule has 2 aromatic rings. The second-order valence-corrected chi connectivity index (χ2v) is 15.1. The summed E-state index contributed by atoms with van der Waals surface area (Å²) in [5.74, 6) is 0. The highest BCUT2D eigenvalue weighted by molar-refractivity contribution is 14.1. The zero-order valence-corrected chi connectivity index (χ0v) is 31.8. The minimum Gasteiger partial charge on any atom is -0.741 e. The van der Waals surface area contributed by atoms with Gasteiger partial charge < -0.3 is 9.11 Å². The number of halogens is 8. The quantitative estimate of drug-likeness (QED) is 0.0672. The van der Waals surface area contributed by atoms with E-state index in [1.54, 1.807) is 0 Å². The fourth-order valence-electron chi connectivity index (χ4n) is 4.24. The van der Waals surface area contributed by atoms with E-state index in [9.17, 15) is 26.3 Å². The number of nitrogens with zero attached hydrogens (tertiary/aromatic N) is 4. The fourth-order valence-corrected chi connectivity index (χ4v) is 5.50. The smallest absolute Gasteiger partial charge is 0.485 e. The van der Waals surface area contributed by atoms with Gasteiger partial charge in [-0.25, -0.2) is 16.8 Å². The second-order valence-electron chi connectivity index (χ2n) is 10.2. The Morgan fingerprint density at radius 3 is 0.933 bits per heavy atom. The maximum absolute atomic E-state index is 10.7. The zero-order chi connectivity index (χ0) is 35.6. The Balaban J connectivity index is 0.000000991. The molecular formula is C25H40F6I2N4O6S2. The molecule has 2 aromatic heterocycles. The molecule has 0 saturated carbocycles. The Kier molecular flexibility index (Phi) is 18.4. The van der Waals surface area contributed by atoms with E-state index in [1.165, 1.54) is 87.7 Å². The molecule has 45 heavy (non-hydrogen) atoms. The summed E-state index contributed by atoms with van der Waals surface area (Å²) < 4.78 is 130. The Hall–Kier alpha value is -0.720. The van der Waals surface area contributed by atoms with Crippen LogP contribution in [0.25, 0.3) is 0 Å². The third-order valence-electron chi connectivity index (χ3n) is 7.05. The molecule has 0 atom stereocenters. The molecule has 0 amide bonds. The van der Waals surface area contributed by atoms with Crippen molar-refractivity contribution in [1.82, 2.24) is 9.36 Å². The first-order chi connectivity index (χ1) is 20.3. The van der Waals surface area contributed by atoms with Gasteiger partial charge in [-0.05, 0) is 71.9 Å². The topological polar surface area (TPSA) is 132 Å². The van der Waals surface area contributed by atoms with Gasteiger partial charge in [0.05, 0.1) is 24.5 Å². The number of alkyl halides is 6. The number of hydrogen-bond donors (Lipinski definition) is 0. The van der Waals surface area contributed by atoms with Crippen LogP contribution in [-0.4, -0.2) is 46.3 Å². The van der Waals surface area contributed by atoms with Crippen LogP contribution in [0.2, 0.25) is 0 Å². The largest absolute Gasteiger partial charge is 0.741 e. The summed E-state index contributed by atoms with van der Waals surface area (Å²) in [6.45, 7) is 11.2. The third-order valence-corrected chi connectivity index (χ3v) is 11.3. The van der Waals surface area contributed by atoms with E-state index in [2.05, 4.69) is 106 Å². The van der Waals surface area contributed by atoms with Crippen LogP contribution in [0.3, 0.4) is 0 Å². The lowest BCUT2D eigenvalue weighted by molar-refractivity contribution is -0.759. The van der Waals surface area contributed by atoms with Crippen LogP contribution in [0.1, 0.15) is 80.6 Å². The van der Waals surface area contributed by atoms with E-state index in [0.29, 0.717) is 0 Å². The first-order valence-corrected chi connectivity index (χ1v) is 18.7. The standard InChI is InChI=1S/C23H40I2N4.2CHF3O3S/c1-18-22(24)20(3)28(26(18)5)16-14-12-10-8-7-9-11-13-15-17-29-21(4)23(25)19(2)27(29)6;2*2-1(3,4)8(5,6)7/h7-17H2,1-6H3;2*(H,5,6,7)/q+2;;/p-2. The van der Waals surface area contributed by atoms with E-state index in [0.717, 1.165) is 13.1 Å². The van der Waals surface area contributed by atoms with Crippen molar-refractivity contribution in [2.24, 2.45) is 14.1 Å². The lowest BCUT2D eigenvalue weighted by Crippen LogP contribution is -2.41. The fraction of sp³-hybridized carbons (Fsp3) is 0.760. The summed E-state index contributed by atoms with van der Waals surface area (Å²) in [7, 11) is -7.81. The van der Waals surface area contributed by atoms with Crippen LogP contribution in [0.4, 0.5) is 26.3 Å². The number of rotatable bonds is 12. The van der Waals surface area contributed by atoms with Gasteiger partial charge in [0.15, 0.2) is 34.3 Å². The van der Waals surface area contributed by atoms with Crippen molar-refractivity contribution in [2.45, 2.75) is 110 Å². The third kappa shape index (κ3) is 14.5. The van der Waals surface area contributed by atoms with Crippen LogP contribution in [0.5, 0.6) is 0 Å². The number of unbranched alkanes of at least 4 members (excludes halogenated alkanes) is 8. The van der Waals surface area contributed by atoms with Crippen molar-refractivity contribution in [3.63, 3.8) is 0 Å². The Bertz CT molecular complexity index is 1300. The van der Waals surface area contributed by atoms with Gasteiger partial charge in [-0.3, -0.25) is 0 Å². The van der Waals surface area contributed by atoms with Gasteiger partial charge in [0.25, 0.3) is 0 Å². The molecule has 0 unspecified atom stereocenters. The summed E-state index contributed by atoms with van der Waals surface area (Å²) >= 11 is 4.94. The summed E-state index contributed by atoms with van der Waals surface area (Å²) in [5.41, 5.74) is -5.69. The average Bonchev–Trinajstić information content (AvgIpc) is 3.19. The molecule has 0 N–H and O–H groups in total. The molecule has 0 aromatic carbocycles. The Morgan fingerprint density at radius 1 is 0.578 bits per heavy atom. The molecule has 0 aliphatic rings. The van der Waals surface area contributed by atoms with Crippen molar-refractivity contribution in [3.8, 4) is 0 Å². The highest BCUT2D eigenvalue weighted by Crippen LogP contribution is 2.21. The van der Waals surface area contributed by atoms with Crippen LogP contribution in [0.15, 0.2) is 0 Å². The first-order valence-electron chi connectivity index (χ1n) is 13.7.